The number of carbonyl (C=O) groups excluding carboxylic acids is 1. The molecule has 0 radical (unpaired) electrons. The monoisotopic (exact) mass is 248 g/mol. The van der Waals surface area contributed by atoms with Gasteiger partial charge in [-0.05, 0) is 18.2 Å². The highest BCUT2D eigenvalue weighted by Gasteiger charge is 2.30. The Bertz CT molecular complexity index is 407. The van der Waals surface area contributed by atoms with Crippen LogP contribution in [-0.4, -0.2) is 23.7 Å². The lowest BCUT2D eigenvalue weighted by atomic mass is 10.2. The van der Waals surface area contributed by atoms with Gasteiger partial charge in [-0.25, -0.2) is 0 Å². The summed E-state index contributed by atoms with van der Waals surface area (Å²) in [6, 6.07) is 2.99. The third-order valence-corrected chi connectivity index (χ3v) is 1.99. The zero-order valence-corrected chi connectivity index (χ0v) is 8.66. The standard InChI is InChI=1S/C10H11F3N2O2/c11-10(12,13)6-2-1-3-7(4-6)15-9(17)8(14)5-16/h1-4,8,16H,5,14H2,(H,15,17). The van der Waals surface area contributed by atoms with Crippen LogP contribution in [0.25, 0.3) is 0 Å². The maximum absolute atomic E-state index is 12.4. The quantitative estimate of drug-likeness (QED) is 0.745. The second-order valence-electron chi connectivity index (χ2n) is 3.36. The van der Waals surface area contributed by atoms with Crippen molar-refractivity contribution in [3.8, 4) is 0 Å². The number of carbonyl (C=O) groups is 1. The topological polar surface area (TPSA) is 75.3 Å². The van der Waals surface area contributed by atoms with Crippen molar-refractivity contribution in [2.24, 2.45) is 5.73 Å². The molecule has 1 atom stereocenters. The maximum atomic E-state index is 12.4. The van der Waals surface area contributed by atoms with Gasteiger partial charge in [0, 0.05) is 5.69 Å². The Hall–Kier alpha value is -1.60. The second kappa shape index (κ2) is 5.15. The highest BCUT2D eigenvalue weighted by molar-refractivity contribution is 5.94. The summed E-state index contributed by atoms with van der Waals surface area (Å²) in [4.78, 5) is 11.2. The van der Waals surface area contributed by atoms with Gasteiger partial charge >= 0.3 is 6.18 Å². The van der Waals surface area contributed by atoms with Gasteiger partial charge in [0.25, 0.3) is 0 Å². The number of halogens is 3. The first-order valence-electron chi connectivity index (χ1n) is 4.69. The molecule has 0 aromatic heterocycles. The molecule has 7 heteroatoms. The molecule has 1 rings (SSSR count). The van der Waals surface area contributed by atoms with Gasteiger partial charge in [-0.3, -0.25) is 4.79 Å². The Morgan fingerprint density at radius 1 is 1.47 bits per heavy atom. The molecule has 1 aromatic carbocycles. The summed E-state index contributed by atoms with van der Waals surface area (Å²) >= 11 is 0. The van der Waals surface area contributed by atoms with Crippen molar-refractivity contribution in [2.45, 2.75) is 12.2 Å². The molecule has 0 saturated heterocycles. The van der Waals surface area contributed by atoms with Crippen LogP contribution in [-0.2, 0) is 11.0 Å². The van der Waals surface area contributed by atoms with Crippen molar-refractivity contribution in [1.29, 1.82) is 0 Å². The first-order chi connectivity index (χ1) is 7.84. The molecule has 0 aliphatic heterocycles. The zero-order valence-electron chi connectivity index (χ0n) is 8.66. The summed E-state index contributed by atoms with van der Waals surface area (Å²) in [5, 5.41) is 10.8. The number of rotatable bonds is 3. The Morgan fingerprint density at radius 2 is 2.12 bits per heavy atom. The zero-order chi connectivity index (χ0) is 13.1. The SMILES string of the molecule is NC(CO)C(=O)Nc1cccc(C(F)(F)F)c1. The fourth-order valence-corrected chi connectivity index (χ4v) is 1.09. The van der Waals surface area contributed by atoms with Crippen molar-refractivity contribution >= 4 is 11.6 Å². The minimum Gasteiger partial charge on any atom is -0.394 e. The van der Waals surface area contributed by atoms with Gasteiger partial charge in [0.1, 0.15) is 6.04 Å². The van der Waals surface area contributed by atoms with Gasteiger partial charge in [0.2, 0.25) is 5.91 Å². The maximum Gasteiger partial charge on any atom is 0.416 e. The lowest BCUT2D eigenvalue weighted by molar-refractivity contribution is -0.137. The van der Waals surface area contributed by atoms with Gasteiger partial charge in [-0.15, -0.1) is 0 Å². The van der Waals surface area contributed by atoms with Crippen molar-refractivity contribution in [3.05, 3.63) is 29.8 Å². The number of alkyl halides is 3. The third kappa shape index (κ3) is 3.72. The molecule has 0 saturated carbocycles. The Kier molecular flexibility index (Phi) is 4.08. The minimum absolute atomic E-state index is 0.0197. The number of aliphatic hydroxyl groups excluding tert-OH is 1. The smallest absolute Gasteiger partial charge is 0.394 e. The van der Waals surface area contributed by atoms with E-state index in [0.717, 1.165) is 12.1 Å². The van der Waals surface area contributed by atoms with Crippen LogP contribution in [0.4, 0.5) is 18.9 Å². The second-order valence-corrected chi connectivity index (χ2v) is 3.36. The average Bonchev–Trinajstić information content (AvgIpc) is 2.27. The number of anilines is 1. The fourth-order valence-electron chi connectivity index (χ4n) is 1.09. The fraction of sp³-hybridized carbons (Fsp3) is 0.300. The van der Waals surface area contributed by atoms with Crippen molar-refractivity contribution in [3.63, 3.8) is 0 Å². The summed E-state index contributed by atoms with van der Waals surface area (Å²) in [6.45, 7) is -0.579. The molecule has 0 fully saturated rings. The van der Waals surface area contributed by atoms with Crippen LogP contribution in [0.3, 0.4) is 0 Å². The number of hydrogen-bond donors (Lipinski definition) is 3. The molecule has 94 valence electrons. The van der Waals surface area contributed by atoms with Gasteiger partial charge < -0.3 is 16.2 Å². The van der Waals surface area contributed by atoms with Gasteiger partial charge in [0.15, 0.2) is 0 Å². The molecular weight excluding hydrogens is 237 g/mol. The van der Waals surface area contributed by atoms with E-state index >= 15 is 0 Å². The molecule has 0 aliphatic rings. The highest BCUT2D eigenvalue weighted by atomic mass is 19.4. The minimum atomic E-state index is -4.47. The van der Waals surface area contributed by atoms with E-state index in [2.05, 4.69) is 5.32 Å². The normalized spacial score (nSPS) is 13.2. The first-order valence-corrected chi connectivity index (χ1v) is 4.69. The van der Waals surface area contributed by atoms with Crippen molar-refractivity contribution < 1.29 is 23.1 Å². The largest absolute Gasteiger partial charge is 0.416 e. The van der Waals surface area contributed by atoms with Crippen LogP contribution in [0, 0.1) is 0 Å². The van der Waals surface area contributed by atoms with E-state index < -0.39 is 30.3 Å². The van der Waals surface area contributed by atoms with E-state index in [1.165, 1.54) is 12.1 Å². The molecule has 4 N–H and O–H groups in total. The predicted molar refractivity (Wildman–Crippen MR) is 55.1 cm³/mol. The van der Waals surface area contributed by atoms with E-state index in [4.69, 9.17) is 10.8 Å². The van der Waals surface area contributed by atoms with Crippen LogP contribution in [0.1, 0.15) is 5.56 Å². The number of nitrogens with two attached hydrogens (primary N) is 1. The molecule has 1 amide bonds. The summed E-state index contributed by atoms with van der Waals surface area (Å²) in [7, 11) is 0. The Labute approximate surface area is 95.2 Å². The number of amides is 1. The van der Waals surface area contributed by atoms with E-state index in [1.54, 1.807) is 0 Å². The average molecular weight is 248 g/mol. The number of hydrogen-bond acceptors (Lipinski definition) is 3. The number of nitrogens with one attached hydrogen (secondary N) is 1. The van der Waals surface area contributed by atoms with Crippen LogP contribution >= 0.6 is 0 Å². The molecule has 0 spiro atoms. The molecule has 0 bridgehead atoms. The van der Waals surface area contributed by atoms with Gasteiger partial charge in [0.05, 0.1) is 12.2 Å². The highest BCUT2D eigenvalue weighted by Crippen LogP contribution is 2.30. The third-order valence-electron chi connectivity index (χ3n) is 1.99. The van der Waals surface area contributed by atoms with E-state index in [-0.39, 0.29) is 5.69 Å². The summed E-state index contributed by atoms with van der Waals surface area (Å²) in [6.07, 6.45) is -4.47. The molecule has 0 heterocycles. The lowest BCUT2D eigenvalue weighted by Gasteiger charge is -2.11. The molecule has 17 heavy (non-hydrogen) atoms. The van der Waals surface area contributed by atoms with E-state index in [1.807, 2.05) is 0 Å². The molecule has 0 aliphatic carbocycles. The van der Waals surface area contributed by atoms with Gasteiger partial charge in [-0.1, -0.05) is 6.07 Å². The van der Waals surface area contributed by atoms with E-state index in [9.17, 15) is 18.0 Å². The molecular formula is C10H11F3N2O2. The van der Waals surface area contributed by atoms with Crippen LogP contribution in [0.5, 0.6) is 0 Å². The van der Waals surface area contributed by atoms with Crippen molar-refractivity contribution in [1.82, 2.24) is 0 Å². The first kappa shape index (κ1) is 13.5. The molecule has 1 unspecified atom stereocenters. The summed E-state index contributed by atoms with van der Waals surface area (Å²) in [5.41, 5.74) is 4.32. The molecule has 1 aromatic rings. The lowest BCUT2D eigenvalue weighted by Crippen LogP contribution is -2.38. The van der Waals surface area contributed by atoms with Crippen molar-refractivity contribution in [2.75, 3.05) is 11.9 Å². The Morgan fingerprint density at radius 3 is 2.65 bits per heavy atom. The molecule has 4 nitrogen and oxygen atoms in total. The van der Waals surface area contributed by atoms with Crippen LogP contribution < -0.4 is 11.1 Å². The summed E-state index contributed by atoms with van der Waals surface area (Å²) in [5.74, 6) is -0.744. The van der Waals surface area contributed by atoms with Crippen LogP contribution in [0.2, 0.25) is 0 Å². The predicted octanol–water partition coefficient (Wildman–Crippen LogP) is 0.964. The number of benzene rings is 1. The summed E-state index contributed by atoms with van der Waals surface area (Å²) < 4.78 is 37.1. The van der Waals surface area contributed by atoms with Gasteiger partial charge in [-0.2, -0.15) is 13.2 Å². The Balaban J connectivity index is 2.83. The van der Waals surface area contributed by atoms with Crippen LogP contribution in [0.15, 0.2) is 24.3 Å². The number of aliphatic hydroxyl groups is 1. The van der Waals surface area contributed by atoms with E-state index in [0.29, 0.717) is 0 Å².